The van der Waals surface area contributed by atoms with Crippen LogP contribution < -0.4 is 5.32 Å². The molecule has 1 aromatic rings. The van der Waals surface area contributed by atoms with E-state index in [0.29, 0.717) is 11.1 Å². The van der Waals surface area contributed by atoms with Crippen molar-refractivity contribution in [3.05, 3.63) is 34.9 Å². The number of hydrogen-bond acceptors (Lipinski definition) is 5. The number of nitrogens with zero attached hydrogens (tertiary/aromatic N) is 2. The number of nitrogens with one attached hydrogen (secondary N) is 1. The van der Waals surface area contributed by atoms with Crippen LogP contribution in [0, 0.1) is 0 Å². The highest BCUT2D eigenvalue weighted by Crippen LogP contribution is 2.21. The number of benzene rings is 1. The minimum atomic E-state index is -0.274. The summed E-state index contributed by atoms with van der Waals surface area (Å²) in [5.41, 5.74) is 2.07. The summed E-state index contributed by atoms with van der Waals surface area (Å²) in [4.78, 5) is 28.5. The van der Waals surface area contributed by atoms with Crippen molar-refractivity contribution in [1.82, 2.24) is 15.1 Å². The van der Waals surface area contributed by atoms with Crippen LogP contribution in [0.25, 0.3) is 0 Å². The summed E-state index contributed by atoms with van der Waals surface area (Å²) >= 11 is 0. The van der Waals surface area contributed by atoms with Crippen molar-refractivity contribution in [2.75, 3.05) is 53.0 Å². The lowest BCUT2D eigenvalue weighted by Gasteiger charge is -2.34. The number of ether oxygens (including phenoxy) is 1. The van der Waals surface area contributed by atoms with E-state index in [9.17, 15) is 9.59 Å². The summed E-state index contributed by atoms with van der Waals surface area (Å²) in [5.74, 6) is -0.526. The van der Waals surface area contributed by atoms with Crippen LogP contribution in [0.1, 0.15) is 32.7 Å². The van der Waals surface area contributed by atoms with Crippen LogP contribution in [0.15, 0.2) is 18.2 Å². The number of piperazine rings is 1. The fourth-order valence-electron chi connectivity index (χ4n) is 3.45. The lowest BCUT2D eigenvalue weighted by molar-refractivity contribution is 0.0879. The van der Waals surface area contributed by atoms with Crippen LogP contribution in [-0.4, -0.2) is 74.6 Å². The molecule has 6 heteroatoms. The molecule has 2 amide bonds. The summed E-state index contributed by atoms with van der Waals surface area (Å²) in [5, 5.41) is 2.38. The molecule has 2 aliphatic rings. The molecule has 1 saturated heterocycles. The van der Waals surface area contributed by atoms with Crippen molar-refractivity contribution in [3.63, 3.8) is 0 Å². The summed E-state index contributed by atoms with van der Waals surface area (Å²) in [6, 6.07) is 5.54. The Morgan fingerprint density at radius 2 is 1.75 bits per heavy atom. The molecule has 6 nitrogen and oxygen atoms in total. The standard InChI is InChI=1S/C18H25N3O3/c1-24-13-12-21-10-8-20(9-11-21)7-3-5-14-4-2-6-15-16(14)18(23)19-17(15)22/h2,4,6H,3,5,7-13H2,1H3,(H,19,22,23). The average molecular weight is 331 g/mol. The molecule has 0 atom stereocenters. The summed E-state index contributed by atoms with van der Waals surface area (Å²) in [7, 11) is 1.74. The van der Waals surface area contributed by atoms with Crippen molar-refractivity contribution in [3.8, 4) is 0 Å². The van der Waals surface area contributed by atoms with E-state index in [1.165, 1.54) is 0 Å². The third-order valence-corrected chi connectivity index (χ3v) is 4.85. The van der Waals surface area contributed by atoms with Gasteiger partial charge in [0.15, 0.2) is 0 Å². The number of methoxy groups -OCH3 is 1. The molecule has 0 aromatic heterocycles. The maximum atomic E-state index is 11.9. The molecule has 0 saturated carbocycles. The molecule has 0 radical (unpaired) electrons. The van der Waals surface area contributed by atoms with Crippen molar-refractivity contribution in [2.45, 2.75) is 12.8 Å². The van der Waals surface area contributed by atoms with Gasteiger partial charge >= 0.3 is 0 Å². The van der Waals surface area contributed by atoms with E-state index < -0.39 is 0 Å². The van der Waals surface area contributed by atoms with E-state index in [1.807, 2.05) is 12.1 Å². The minimum Gasteiger partial charge on any atom is -0.383 e. The maximum Gasteiger partial charge on any atom is 0.259 e. The van der Waals surface area contributed by atoms with Gasteiger partial charge < -0.3 is 9.64 Å². The van der Waals surface area contributed by atoms with Gasteiger partial charge in [-0.3, -0.25) is 19.8 Å². The topological polar surface area (TPSA) is 61.9 Å². The molecule has 0 unspecified atom stereocenters. The molecule has 0 spiro atoms. The second-order valence-electron chi connectivity index (χ2n) is 6.40. The van der Waals surface area contributed by atoms with Gasteiger partial charge in [0.05, 0.1) is 17.7 Å². The Hall–Kier alpha value is -1.76. The summed E-state index contributed by atoms with van der Waals surface area (Å²) < 4.78 is 5.13. The van der Waals surface area contributed by atoms with Crippen LogP contribution in [0.3, 0.4) is 0 Å². The number of imide groups is 1. The van der Waals surface area contributed by atoms with Crippen molar-refractivity contribution in [1.29, 1.82) is 0 Å². The zero-order valence-electron chi connectivity index (χ0n) is 14.2. The van der Waals surface area contributed by atoms with E-state index in [2.05, 4.69) is 15.1 Å². The van der Waals surface area contributed by atoms with E-state index in [0.717, 1.165) is 64.3 Å². The van der Waals surface area contributed by atoms with E-state index in [4.69, 9.17) is 4.74 Å². The Morgan fingerprint density at radius 1 is 1.04 bits per heavy atom. The number of aryl methyl sites for hydroxylation is 1. The first kappa shape index (κ1) is 17.1. The van der Waals surface area contributed by atoms with Crippen molar-refractivity contribution in [2.24, 2.45) is 0 Å². The Kier molecular flexibility index (Phi) is 5.60. The Bertz CT molecular complexity index is 610. The summed E-state index contributed by atoms with van der Waals surface area (Å²) in [6.07, 6.45) is 1.82. The first-order chi connectivity index (χ1) is 11.7. The van der Waals surface area contributed by atoms with Gasteiger partial charge in [0.1, 0.15) is 0 Å². The molecule has 2 heterocycles. The molecule has 0 bridgehead atoms. The van der Waals surface area contributed by atoms with Crippen LogP contribution in [0.4, 0.5) is 0 Å². The van der Waals surface area contributed by atoms with Crippen LogP contribution in [0.5, 0.6) is 0 Å². The van der Waals surface area contributed by atoms with Crippen molar-refractivity contribution >= 4 is 11.8 Å². The third-order valence-electron chi connectivity index (χ3n) is 4.85. The predicted molar refractivity (Wildman–Crippen MR) is 91.3 cm³/mol. The van der Waals surface area contributed by atoms with Gasteiger partial charge in [0.25, 0.3) is 11.8 Å². The van der Waals surface area contributed by atoms with E-state index in [1.54, 1.807) is 13.2 Å². The minimum absolute atomic E-state index is 0.252. The Labute approximate surface area is 142 Å². The zero-order valence-corrected chi connectivity index (χ0v) is 14.2. The molecule has 130 valence electrons. The SMILES string of the molecule is COCCN1CCN(CCCc2cccc3c2C(=O)NC3=O)CC1. The molecule has 1 fully saturated rings. The Morgan fingerprint density at radius 3 is 2.46 bits per heavy atom. The highest BCUT2D eigenvalue weighted by molar-refractivity contribution is 6.22. The molecule has 3 rings (SSSR count). The van der Waals surface area contributed by atoms with Gasteiger partial charge in [0.2, 0.25) is 0 Å². The summed E-state index contributed by atoms with van der Waals surface area (Å²) in [6.45, 7) is 7.15. The van der Waals surface area contributed by atoms with Gasteiger partial charge in [-0.15, -0.1) is 0 Å². The monoisotopic (exact) mass is 331 g/mol. The van der Waals surface area contributed by atoms with E-state index >= 15 is 0 Å². The number of amides is 2. The second-order valence-corrected chi connectivity index (χ2v) is 6.40. The normalized spacial score (nSPS) is 18.7. The van der Waals surface area contributed by atoms with Gasteiger partial charge in [-0.2, -0.15) is 0 Å². The highest BCUT2D eigenvalue weighted by Gasteiger charge is 2.28. The lowest BCUT2D eigenvalue weighted by Crippen LogP contribution is -2.47. The van der Waals surface area contributed by atoms with Crippen molar-refractivity contribution < 1.29 is 14.3 Å². The van der Waals surface area contributed by atoms with Gasteiger partial charge in [-0.05, 0) is 31.0 Å². The number of carbonyl (C=O) groups excluding carboxylic acids is 2. The molecule has 0 aliphatic carbocycles. The fourth-order valence-corrected chi connectivity index (χ4v) is 3.45. The fraction of sp³-hybridized carbons (Fsp3) is 0.556. The average Bonchev–Trinajstić information content (AvgIpc) is 2.89. The molecule has 24 heavy (non-hydrogen) atoms. The number of carbonyl (C=O) groups is 2. The third kappa shape index (κ3) is 3.83. The van der Waals surface area contributed by atoms with Crippen LogP contribution >= 0.6 is 0 Å². The number of rotatable bonds is 7. The maximum absolute atomic E-state index is 11.9. The Balaban J connectivity index is 1.47. The van der Waals surface area contributed by atoms with Gasteiger partial charge in [0, 0.05) is 39.8 Å². The quantitative estimate of drug-likeness (QED) is 0.748. The first-order valence-electron chi connectivity index (χ1n) is 8.60. The van der Waals surface area contributed by atoms with Gasteiger partial charge in [-0.25, -0.2) is 0 Å². The van der Waals surface area contributed by atoms with E-state index in [-0.39, 0.29) is 11.8 Å². The first-order valence-corrected chi connectivity index (χ1v) is 8.60. The molecule has 2 aliphatic heterocycles. The molecular weight excluding hydrogens is 306 g/mol. The largest absolute Gasteiger partial charge is 0.383 e. The number of hydrogen-bond donors (Lipinski definition) is 1. The molecule has 1 N–H and O–H groups in total. The lowest BCUT2D eigenvalue weighted by atomic mass is 9.99. The second kappa shape index (κ2) is 7.88. The van der Waals surface area contributed by atoms with Gasteiger partial charge in [-0.1, -0.05) is 12.1 Å². The molecule has 1 aromatic carbocycles. The number of fused-ring (bicyclic) bond motifs is 1. The smallest absolute Gasteiger partial charge is 0.259 e. The predicted octanol–water partition coefficient (Wildman–Crippen LogP) is 0.767. The highest BCUT2D eigenvalue weighted by atomic mass is 16.5. The van der Waals surface area contributed by atoms with Crippen LogP contribution in [0.2, 0.25) is 0 Å². The molecular formula is C18H25N3O3. The van der Waals surface area contributed by atoms with Crippen LogP contribution in [-0.2, 0) is 11.2 Å². The zero-order chi connectivity index (χ0) is 16.9.